The first-order chi connectivity index (χ1) is 27.7. The first kappa shape index (κ1) is 21.9. The van der Waals surface area contributed by atoms with E-state index in [1.165, 1.54) is 0 Å². The summed E-state index contributed by atoms with van der Waals surface area (Å²) in [6.07, 6.45) is 0. The highest BCUT2D eigenvalue weighted by Crippen LogP contribution is 2.39. The Hall–Kier alpha value is -6.85. The van der Waals surface area contributed by atoms with E-state index in [1.807, 2.05) is 121 Å². The fraction of sp³-hybridized carbons (Fsp3) is 0. The van der Waals surface area contributed by atoms with E-state index >= 15 is 0 Å². The largest absolute Gasteiger partial charge is 0.456 e. The fourth-order valence-electron chi connectivity index (χ4n) is 6.63. The van der Waals surface area contributed by atoms with Crippen LogP contribution in [-0.2, 0) is 0 Å². The lowest BCUT2D eigenvalue weighted by molar-refractivity contribution is 0.669. The Bertz CT molecular complexity index is 3220. The minimum atomic E-state index is -0.474. The standard InChI is InChI=1S/C45H28N4O/c1-3-13-29(14-4-1)43-46-44(30-15-5-2-6-16-30)48-45(47-43)32-25-26-36-35-19-7-9-22-38(35)49(39(36)28-32)33-18-11-17-31(27-33)34-21-12-24-41-42(34)37-20-8-10-23-40(37)50-41/h1-28H/i7D,9D,19D,22D,25D,26D,28D. The Balaban J connectivity index is 1.30. The molecule has 10 rings (SSSR count). The summed E-state index contributed by atoms with van der Waals surface area (Å²) in [5.41, 5.74) is 5.20. The number of aromatic nitrogens is 4. The van der Waals surface area contributed by atoms with E-state index in [0.717, 1.165) is 27.5 Å². The summed E-state index contributed by atoms with van der Waals surface area (Å²) in [5, 5.41) is 1.98. The van der Waals surface area contributed by atoms with Crippen molar-refractivity contribution in [3.8, 4) is 51.0 Å². The lowest BCUT2D eigenvalue weighted by Crippen LogP contribution is -2.00. The summed E-state index contributed by atoms with van der Waals surface area (Å²) in [6.45, 7) is 0. The SMILES string of the molecule is [2H]c1c([2H])c([2H])c2c(c1[2H])c1c([2H])c([2H])c(-c3nc(-c4ccccc4)nc(-c4ccccc4)n3)c([2H])c1n2-c1cccc(-c2cccc3oc4ccccc4c23)c1. The summed E-state index contributed by atoms with van der Waals surface area (Å²) >= 11 is 0. The molecule has 0 unspecified atom stereocenters. The molecule has 5 nitrogen and oxygen atoms in total. The molecule has 50 heavy (non-hydrogen) atoms. The molecule has 7 aromatic carbocycles. The van der Waals surface area contributed by atoms with Crippen molar-refractivity contribution in [3.63, 3.8) is 0 Å². The van der Waals surface area contributed by atoms with E-state index in [2.05, 4.69) is 0 Å². The average molecular weight is 648 g/mol. The highest BCUT2D eigenvalue weighted by atomic mass is 16.3. The topological polar surface area (TPSA) is 56.7 Å². The molecule has 3 heterocycles. The zero-order chi connectivity index (χ0) is 39.1. The first-order valence-corrected chi connectivity index (χ1v) is 16.1. The van der Waals surface area contributed by atoms with Gasteiger partial charge in [-0.1, -0.05) is 133 Å². The molecule has 10 aromatic rings. The van der Waals surface area contributed by atoms with Crippen LogP contribution in [0.25, 0.3) is 94.7 Å². The van der Waals surface area contributed by atoms with E-state index in [4.69, 9.17) is 23.5 Å². The quantitative estimate of drug-likeness (QED) is 0.186. The molecule has 0 fully saturated rings. The molecule has 0 atom stereocenters. The predicted octanol–water partition coefficient (Wildman–Crippen LogP) is 11.5. The van der Waals surface area contributed by atoms with Gasteiger partial charge < -0.3 is 8.98 Å². The number of hydrogen-bond acceptors (Lipinski definition) is 4. The van der Waals surface area contributed by atoms with Gasteiger partial charge in [0.1, 0.15) is 11.2 Å². The van der Waals surface area contributed by atoms with E-state index in [1.54, 1.807) is 10.6 Å². The van der Waals surface area contributed by atoms with Crippen LogP contribution in [0.4, 0.5) is 0 Å². The van der Waals surface area contributed by atoms with Gasteiger partial charge >= 0.3 is 0 Å². The van der Waals surface area contributed by atoms with Crippen LogP contribution in [0.3, 0.4) is 0 Å². The van der Waals surface area contributed by atoms with E-state index in [9.17, 15) is 5.48 Å². The normalized spacial score (nSPS) is 13.6. The molecule has 0 aliphatic carbocycles. The monoisotopic (exact) mass is 647 g/mol. The van der Waals surface area contributed by atoms with Crippen LogP contribution in [-0.4, -0.2) is 19.5 Å². The summed E-state index contributed by atoms with van der Waals surface area (Å²) in [5.74, 6) is 0.647. The van der Waals surface area contributed by atoms with Crippen molar-refractivity contribution in [2.45, 2.75) is 0 Å². The van der Waals surface area contributed by atoms with Crippen molar-refractivity contribution in [2.75, 3.05) is 0 Å². The van der Waals surface area contributed by atoms with Crippen molar-refractivity contribution in [1.29, 1.82) is 0 Å². The third-order valence-electron chi connectivity index (χ3n) is 8.90. The maximum Gasteiger partial charge on any atom is 0.164 e. The number of nitrogens with zero attached hydrogens (tertiary/aromatic N) is 4. The second-order valence-corrected chi connectivity index (χ2v) is 11.9. The highest BCUT2D eigenvalue weighted by Gasteiger charge is 2.18. The number of rotatable bonds is 5. The lowest BCUT2D eigenvalue weighted by Gasteiger charge is -2.12. The van der Waals surface area contributed by atoms with Crippen LogP contribution < -0.4 is 0 Å². The van der Waals surface area contributed by atoms with Gasteiger partial charge in [-0.2, -0.15) is 0 Å². The molecule has 234 valence electrons. The Morgan fingerprint density at radius 1 is 0.480 bits per heavy atom. The fourth-order valence-corrected chi connectivity index (χ4v) is 6.63. The number of hydrogen-bond donors (Lipinski definition) is 0. The Labute approximate surface area is 297 Å². The van der Waals surface area contributed by atoms with Crippen LogP contribution in [0.1, 0.15) is 9.60 Å². The van der Waals surface area contributed by atoms with Crippen molar-refractivity contribution in [3.05, 3.63) is 170 Å². The Morgan fingerprint density at radius 2 is 1.10 bits per heavy atom. The first-order valence-electron chi connectivity index (χ1n) is 19.6. The van der Waals surface area contributed by atoms with Gasteiger partial charge in [0.2, 0.25) is 0 Å². The predicted molar refractivity (Wildman–Crippen MR) is 203 cm³/mol. The minimum absolute atomic E-state index is 0.0109. The summed E-state index contributed by atoms with van der Waals surface area (Å²) in [6, 6.07) is 37.3. The van der Waals surface area contributed by atoms with Gasteiger partial charge in [0, 0.05) is 43.9 Å². The molecule has 0 amide bonds. The third-order valence-corrected chi connectivity index (χ3v) is 8.90. The van der Waals surface area contributed by atoms with Crippen LogP contribution in [0.2, 0.25) is 0 Å². The van der Waals surface area contributed by atoms with Crippen molar-refractivity contribution < 1.29 is 14.0 Å². The highest BCUT2D eigenvalue weighted by molar-refractivity contribution is 6.13. The smallest absolute Gasteiger partial charge is 0.164 e. The van der Waals surface area contributed by atoms with Crippen molar-refractivity contribution in [2.24, 2.45) is 0 Å². The molecule has 5 heteroatoms. The zero-order valence-electron chi connectivity index (χ0n) is 33.3. The Morgan fingerprint density at radius 3 is 1.88 bits per heavy atom. The molecule has 0 spiro atoms. The molecule has 0 radical (unpaired) electrons. The van der Waals surface area contributed by atoms with Gasteiger partial charge in [-0.15, -0.1) is 0 Å². The maximum atomic E-state index is 9.88. The molecule has 0 saturated heterocycles. The van der Waals surface area contributed by atoms with E-state index in [-0.39, 0.29) is 63.4 Å². The summed E-state index contributed by atoms with van der Waals surface area (Å²) in [4.78, 5) is 14.4. The van der Waals surface area contributed by atoms with Crippen LogP contribution >= 0.6 is 0 Å². The molecule has 0 aliphatic rings. The second kappa shape index (κ2) is 11.4. The van der Waals surface area contributed by atoms with Gasteiger partial charge in [-0.25, -0.2) is 15.0 Å². The minimum Gasteiger partial charge on any atom is -0.456 e. The van der Waals surface area contributed by atoms with Gasteiger partial charge in [0.05, 0.1) is 20.6 Å². The Kier molecular flexibility index (Phi) is 4.99. The average Bonchev–Trinajstić information content (AvgIpc) is 3.82. The van der Waals surface area contributed by atoms with E-state index < -0.39 is 12.1 Å². The lowest BCUT2D eigenvalue weighted by atomic mass is 9.99. The van der Waals surface area contributed by atoms with Gasteiger partial charge in [0.15, 0.2) is 17.5 Å². The van der Waals surface area contributed by atoms with Crippen molar-refractivity contribution >= 4 is 43.7 Å². The molecule has 0 bridgehead atoms. The molecular weight excluding hydrogens is 613 g/mol. The molecule has 0 aliphatic heterocycles. The van der Waals surface area contributed by atoms with Crippen LogP contribution in [0, 0.1) is 0 Å². The van der Waals surface area contributed by atoms with Gasteiger partial charge in [0.25, 0.3) is 0 Å². The molecule has 0 saturated carbocycles. The summed E-state index contributed by atoms with van der Waals surface area (Å²) < 4.78 is 72.0. The molecule has 0 N–H and O–H groups in total. The van der Waals surface area contributed by atoms with Crippen molar-refractivity contribution in [1.82, 2.24) is 19.5 Å². The van der Waals surface area contributed by atoms with E-state index in [0.29, 0.717) is 34.0 Å². The molecule has 3 aromatic heterocycles. The summed E-state index contributed by atoms with van der Waals surface area (Å²) in [7, 11) is 0. The number of furan rings is 1. The maximum absolute atomic E-state index is 9.88. The number of benzene rings is 7. The van der Waals surface area contributed by atoms with Gasteiger partial charge in [-0.05, 0) is 47.5 Å². The third kappa shape index (κ3) is 4.60. The van der Waals surface area contributed by atoms with Gasteiger partial charge in [-0.3, -0.25) is 0 Å². The molecular formula is C45H28N4O. The number of para-hydroxylation sites is 2. The van der Waals surface area contributed by atoms with Crippen LogP contribution in [0.15, 0.2) is 174 Å². The number of fused-ring (bicyclic) bond motifs is 6. The van der Waals surface area contributed by atoms with Crippen LogP contribution in [0.5, 0.6) is 0 Å². The second-order valence-electron chi connectivity index (χ2n) is 11.9. The zero-order valence-corrected chi connectivity index (χ0v) is 26.3.